The Morgan fingerprint density at radius 3 is 2.63 bits per heavy atom. The van der Waals surface area contributed by atoms with Crippen LogP contribution in [0.2, 0.25) is 0 Å². The quantitative estimate of drug-likeness (QED) is 0.617. The maximum absolute atomic E-state index is 11.0. The van der Waals surface area contributed by atoms with Gasteiger partial charge in [-0.25, -0.2) is 0 Å². The molecule has 0 radical (unpaired) electrons. The van der Waals surface area contributed by atoms with Gasteiger partial charge < -0.3 is 15.5 Å². The highest BCUT2D eigenvalue weighted by atomic mass is 16.6. The molecule has 1 aromatic rings. The summed E-state index contributed by atoms with van der Waals surface area (Å²) in [5.41, 5.74) is 5.27. The Labute approximate surface area is 110 Å². The van der Waals surface area contributed by atoms with Crippen molar-refractivity contribution in [1.29, 1.82) is 0 Å². The third-order valence-corrected chi connectivity index (χ3v) is 3.52. The number of hydrogen-bond acceptors (Lipinski definition) is 5. The third-order valence-electron chi connectivity index (χ3n) is 3.52. The number of carbonyl (C=O) groups excluding carboxylic acids is 1. The summed E-state index contributed by atoms with van der Waals surface area (Å²) in [6.45, 7) is 0.458. The first-order valence-electron chi connectivity index (χ1n) is 6.32. The maximum atomic E-state index is 11.0. The van der Waals surface area contributed by atoms with Gasteiger partial charge in [0.15, 0.2) is 0 Å². The van der Waals surface area contributed by atoms with Crippen molar-refractivity contribution in [1.82, 2.24) is 5.32 Å². The number of primary amides is 1. The van der Waals surface area contributed by atoms with Gasteiger partial charge in [-0.2, -0.15) is 0 Å². The lowest BCUT2D eigenvalue weighted by Crippen LogP contribution is -2.36. The first-order valence-corrected chi connectivity index (χ1v) is 6.32. The normalized spacial score (nSPS) is 23.2. The van der Waals surface area contributed by atoms with Gasteiger partial charge in [-0.05, 0) is 31.7 Å². The zero-order chi connectivity index (χ0) is 13.8. The lowest BCUT2D eigenvalue weighted by Gasteiger charge is -2.27. The molecular weight excluding hydrogens is 250 g/mol. The first kappa shape index (κ1) is 13.5. The number of nitro groups is 1. The summed E-state index contributed by atoms with van der Waals surface area (Å²) >= 11 is 0. The van der Waals surface area contributed by atoms with Crippen molar-refractivity contribution in [3.05, 3.63) is 28.0 Å². The Morgan fingerprint density at radius 2 is 2.11 bits per heavy atom. The van der Waals surface area contributed by atoms with E-state index in [1.54, 1.807) is 6.07 Å². The van der Waals surface area contributed by atoms with Crippen molar-refractivity contribution in [2.45, 2.75) is 38.3 Å². The Balaban J connectivity index is 1.77. The molecule has 1 amide bonds. The third kappa shape index (κ3) is 3.54. The molecule has 0 bridgehead atoms. The molecule has 0 aliphatic heterocycles. The van der Waals surface area contributed by atoms with Crippen molar-refractivity contribution in [2.24, 2.45) is 11.7 Å². The molecule has 0 unspecified atom stereocenters. The number of amides is 1. The monoisotopic (exact) mass is 267 g/mol. The van der Waals surface area contributed by atoms with E-state index in [1.165, 1.54) is 6.07 Å². The molecule has 1 aliphatic carbocycles. The minimum Gasteiger partial charge on any atom is -0.404 e. The lowest BCUT2D eigenvalue weighted by atomic mass is 9.85. The summed E-state index contributed by atoms with van der Waals surface area (Å²) in [5, 5.41) is 13.7. The van der Waals surface area contributed by atoms with Gasteiger partial charge >= 0.3 is 5.88 Å². The number of nitrogens with zero attached hydrogens (tertiary/aromatic N) is 1. The van der Waals surface area contributed by atoms with Crippen LogP contribution in [0.5, 0.6) is 0 Å². The Hall–Kier alpha value is -1.89. The minimum atomic E-state index is -0.554. The number of furan rings is 1. The van der Waals surface area contributed by atoms with Crippen LogP contribution in [0, 0.1) is 16.0 Å². The molecule has 1 aliphatic rings. The van der Waals surface area contributed by atoms with Crippen LogP contribution in [0.1, 0.15) is 31.4 Å². The molecule has 1 aromatic heterocycles. The van der Waals surface area contributed by atoms with E-state index in [-0.39, 0.29) is 17.7 Å². The molecule has 3 N–H and O–H groups in total. The molecule has 104 valence electrons. The summed E-state index contributed by atoms with van der Waals surface area (Å²) in [6, 6.07) is 3.25. The van der Waals surface area contributed by atoms with E-state index in [0.717, 1.165) is 25.7 Å². The van der Waals surface area contributed by atoms with Crippen LogP contribution in [-0.2, 0) is 11.3 Å². The summed E-state index contributed by atoms with van der Waals surface area (Å²) in [7, 11) is 0. The van der Waals surface area contributed by atoms with E-state index in [9.17, 15) is 14.9 Å². The van der Waals surface area contributed by atoms with E-state index in [2.05, 4.69) is 5.32 Å². The van der Waals surface area contributed by atoms with Crippen LogP contribution >= 0.6 is 0 Å². The highest BCUT2D eigenvalue weighted by Crippen LogP contribution is 2.24. The number of rotatable bonds is 5. The van der Waals surface area contributed by atoms with E-state index in [1.807, 2.05) is 0 Å². The average Bonchev–Trinajstić information content (AvgIpc) is 2.86. The van der Waals surface area contributed by atoms with Crippen molar-refractivity contribution in [3.63, 3.8) is 0 Å². The van der Waals surface area contributed by atoms with Crippen molar-refractivity contribution in [3.8, 4) is 0 Å². The summed E-state index contributed by atoms with van der Waals surface area (Å²) in [4.78, 5) is 20.9. The molecule has 0 spiro atoms. The predicted molar refractivity (Wildman–Crippen MR) is 67.1 cm³/mol. The summed E-state index contributed by atoms with van der Waals surface area (Å²) in [5.74, 6) is 0.0702. The molecule has 2 rings (SSSR count). The molecule has 7 nitrogen and oxygen atoms in total. The van der Waals surface area contributed by atoms with Gasteiger partial charge in [-0.15, -0.1) is 0 Å². The largest absolute Gasteiger partial charge is 0.433 e. The fourth-order valence-corrected chi connectivity index (χ4v) is 2.39. The van der Waals surface area contributed by atoms with Crippen LogP contribution in [0.3, 0.4) is 0 Å². The number of carbonyl (C=O) groups is 1. The molecule has 19 heavy (non-hydrogen) atoms. The molecular formula is C12H17N3O4. The Bertz CT molecular complexity index is 463. The molecule has 0 saturated heterocycles. The standard InChI is InChI=1S/C12H17N3O4/c13-12(16)8-1-3-9(4-2-8)14-7-10-5-6-11(19-10)15(17)18/h5-6,8-9,14H,1-4,7H2,(H2,13,16). The molecule has 7 heteroatoms. The SMILES string of the molecule is NC(=O)C1CCC(NCc2ccc([N+](=O)[O-])o2)CC1. The predicted octanol–water partition coefficient (Wildman–Crippen LogP) is 1.32. The topological polar surface area (TPSA) is 111 Å². The van der Waals surface area contributed by atoms with Gasteiger partial charge in [0, 0.05) is 12.0 Å². The van der Waals surface area contributed by atoms with Gasteiger partial charge in [0.25, 0.3) is 0 Å². The van der Waals surface area contributed by atoms with E-state index < -0.39 is 4.92 Å². The van der Waals surface area contributed by atoms with Crippen LogP contribution in [0.4, 0.5) is 5.88 Å². The zero-order valence-corrected chi connectivity index (χ0v) is 10.5. The number of nitrogens with two attached hydrogens (primary N) is 1. The Kier molecular flexibility index (Phi) is 4.16. The Morgan fingerprint density at radius 1 is 1.42 bits per heavy atom. The van der Waals surface area contributed by atoms with Crippen molar-refractivity contribution < 1.29 is 14.1 Å². The minimum absolute atomic E-state index is 0.0113. The summed E-state index contributed by atoms with van der Waals surface area (Å²) in [6.07, 6.45) is 3.36. The lowest BCUT2D eigenvalue weighted by molar-refractivity contribution is -0.402. The van der Waals surface area contributed by atoms with Gasteiger partial charge in [0.2, 0.25) is 5.91 Å². The second-order valence-corrected chi connectivity index (χ2v) is 4.83. The zero-order valence-electron chi connectivity index (χ0n) is 10.5. The van der Waals surface area contributed by atoms with Crippen molar-refractivity contribution in [2.75, 3.05) is 0 Å². The van der Waals surface area contributed by atoms with Crippen LogP contribution in [-0.4, -0.2) is 16.9 Å². The van der Waals surface area contributed by atoms with Gasteiger partial charge in [-0.3, -0.25) is 14.9 Å². The van der Waals surface area contributed by atoms with Gasteiger partial charge in [0.05, 0.1) is 12.6 Å². The molecule has 1 fully saturated rings. The fraction of sp³-hybridized carbons (Fsp3) is 0.583. The first-order chi connectivity index (χ1) is 9.06. The van der Waals surface area contributed by atoms with Crippen LogP contribution in [0.15, 0.2) is 16.5 Å². The number of nitrogens with one attached hydrogen (secondary N) is 1. The summed E-state index contributed by atoms with van der Waals surface area (Å²) < 4.78 is 5.06. The van der Waals surface area contributed by atoms with E-state index in [4.69, 9.17) is 10.2 Å². The van der Waals surface area contributed by atoms with E-state index in [0.29, 0.717) is 18.3 Å². The molecule has 1 heterocycles. The van der Waals surface area contributed by atoms with Gasteiger partial charge in [0.1, 0.15) is 10.7 Å². The van der Waals surface area contributed by atoms with Crippen LogP contribution < -0.4 is 11.1 Å². The van der Waals surface area contributed by atoms with Crippen LogP contribution in [0.25, 0.3) is 0 Å². The smallest absolute Gasteiger partial charge is 0.404 e. The highest BCUT2D eigenvalue weighted by molar-refractivity contribution is 5.76. The average molecular weight is 267 g/mol. The van der Waals surface area contributed by atoms with E-state index >= 15 is 0 Å². The number of hydrogen-bond donors (Lipinski definition) is 2. The molecule has 0 atom stereocenters. The fourth-order valence-electron chi connectivity index (χ4n) is 2.39. The maximum Gasteiger partial charge on any atom is 0.433 e. The second-order valence-electron chi connectivity index (χ2n) is 4.83. The molecule has 0 aromatic carbocycles. The second kappa shape index (κ2) is 5.83. The highest BCUT2D eigenvalue weighted by Gasteiger charge is 2.24. The van der Waals surface area contributed by atoms with Crippen molar-refractivity contribution >= 4 is 11.8 Å². The molecule has 1 saturated carbocycles. The van der Waals surface area contributed by atoms with Gasteiger partial charge in [-0.1, -0.05) is 0 Å².